The zero-order valence-corrected chi connectivity index (χ0v) is 14.1. The lowest BCUT2D eigenvalue weighted by Crippen LogP contribution is -2.39. The van der Waals surface area contributed by atoms with Gasteiger partial charge in [-0.3, -0.25) is 14.9 Å². The summed E-state index contributed by atoms with van der Waals surface area (Å²) >= 11 is 0. The molecule has 2 rings (SSSR count). The first-order valence-corrected chi connectivity index (χ1v) is 9.25. The molecule has 0 amide bonds. The van der Waals surface area contributed by atoms with E-state index >= 15 is 0 Å². The number of carboxylic acid groups (broad SMARTS) is 1. The molecule has 1 aromatic carbocycles. The summed E-state index contributed by atoms with van der Waals surface area (Å²) < 4.78 is 27.8. The van der Waals surface area contributed by atoms with Gasteiger partial charge in [-0.05, 0) is 37.7 Å². The van der Waals surface area contributed by atoms with Gasteiger partial charge in [0.25, 0.3) is 5.69 Å². The number of sulfonamides is 1. The third-order valence-electron chi connectivity index (χ3n) is 4.33. The molecule has 132 valence electrons. The Bertz CT molecular complexity index is 738. The highest BCUT2D eigenvalue weighted by Crippen LogP contribution is 2.27. The second kappa shape index (κ2) is 7.27. The number of nitro benzene ring substituents is 1. The minimum atomic E-state index is -3.90. The maximum absolute atomic E-state index is 12.6. The summed E-state index contributed by atoms with van der Waals surface area (Å²) in [4.78, 5) is 21.1. The minimum absolute atomic E-state index is 0.0837. The van der Waals surface area contributed by atoms with Gasteiger partial charge in [-0.1, -0.05) is 13.0 Å². The summed E-state index contributed by atoms with van der Waals surface area (Å²) in [5.41, 5.74) is 0.231. The SMILES string of the molecule is CCc1ccc([N+](=O)[O-])cc1S(=O)(=O)NC1CCC(C(=O)O)CC1. The molecule has 9 heteroatoms. The quantitative estimate of drug-likeness (QED) is 0.593. The van der Waals surface area contributed by atoms with E-state index in [0.717, 1.165) is 6.07 Å². The fraction of sp³-hybridized carbons (Fsp3) is 0.533. The number of nitro groups is 1. The average Bonchev–Trinajstić information content (AvgIpc) is 2.54. The van der Waals surface area contributed by atoms with Gasteiger partial charge in [0.2, 0.25) is 10.0 Å². The van der Waals surface area contributed by atoms with Gasteiger partial charge in [-0.25, -0.2) is 13.1 Å². The monoisotopic (exact) mass is 356 g/mol. The van der Waals surface area contributed by atoms with Crippen molar-refractivity contribution < 1.29 is 23.2 Å². The predicted octanol–water partition coefficient (Wildman–Crippen LogP) is 2.08. The molecule has 2 N–H and O–H groups in total. The van der Waals surface area contributed by atoms with Crippen LogP contribution in [-0.4, -0.2) is 30.5 Å². The van der Waals surface area contributed by atoms with Crippen LogP contribution in [0.3, 0.4) is 0 Å². The molecule has 0 spiro atoms. The number of benzene rings is 1. The highest BCUT2D eigenvalue weighted by Gasteiger charge is 2.30. The van der Waals surface area contributed by atoms with E-state index in [1.165, 1.54) is 12.1 Å². The van der Waals surface area contributed by atoms with Crippen molar-refractivity contribution in [3.05, 3.63) is 33.9 Å². The van der Waals surface area contributed by atoms with Gasteiger partial charge in [0, 0.05) is 18.2 Å². The van der Waals surface area contributed by atoms with Crippen LogP contribution in [0, 0.1) is 16.0 Å². The Labute approximate surface area is 140 Å². The average molecular weight is 356 g/mol. The standard InChI is InChI=1S/C15H20N2O6S/c1-2-10-5-8-13(17(20)21)9-14(10)24(22,23)16-12-6-3-11(4-7-12)15(18)19/h5,8-9,11-12,16H,2-4,6-7H2,1H3,(H,18,19). The first-order valence-electron chi connectivity index (χ1n) is 7.77. The summed E-state index contributed by atoms with van der Waals surface area (Å²) in [5.74, 6) is -1.29. The van der Waals surface area contributed by atoms with Gasteiger partial charge >= 0.3 is 5.97 Å². The van der Waals surface area contributed by atoms with E-state index in [-0.39, 0.29) is 16.6 Å². The molecule has 0 radical (unpaired) electrons. The molecule has 0 atom stereocenters. The molecule has 0 aliphatic heterocycles. The number of carboxylic acids is 1. The molecule has 1 aliphatic rings. The number of hydrogen-bond donors (Lipinski definition) is 2. The molecule has 1 aliphatic carbocycles. The molecule has 8 nitrogen and oxygen atoms in total. The van der Waals surface area contributed by atoms with Gasteiger partial charge in [0.05, 0.1) is 15.7 Å². The molecule has 0 saturated heterocycles. The second-order valence-corrected chi connectivity index (χ2v) is 7.59. The van der Waals surface area contributed by atoms with Crippen LogP contribution in [0.1, 0.15) is 38.2 Å². The lowest BCUT2D eigenvalue weighted by atomic mass is 9.87. The first kappa shape index (κ1) is 18.3. The van der Waals surface area contributed by atoms with Crippen molar-refractivity contribution in [3.63, 3.8) is 0 Å². The molecule has 1 saturated carbocycles. The molecule has 24 heavy (non-hydrogen) atoms. The van der Waals surface area contributed by atoms with Crippen LogP contribution < -0.4 is 4.72 Å². The van der Waals surface area contributed by atoms with E-state index in [1.807, 2.05) is 0 Å². The van der Waals surface area contributed by atoms with Crippen molar-refractivity contribution in [1.29, 1.82) is 0 Å². The van der Waals surface area contributed by atoms with Crippen molar-refractivity contribution in [3.8, 4) is 0 Å². The van der Waals surface area contributed by atoms with Crippen molar-refractivity contribution in [1.82, 2.24) is 4.72 Å². The number of hydrogen-bond acceptors (Lipinski definition) is 5. The van der Waals surface area contributed by atoms with Crippen LogP contribution >= 0.6 is 0 Å². The first-order chi connectivity index (χ1) is 11.2. The summed E-state index contributed by atoms with van der Waals surface area (Å²) in [6, 6.07) is 3.46. The Kier molecular flexibility index (Phi) is 5.55. The molecular formula is C15H20N2O6S. The Morgan fingerprint density at radius 2 is 1.96 bits per heavy atom. The Hall–Kier alpha value is -2.00. The number of aryl methyl sites for hydroxylation is 1. The number of non-ortho nitro benzene ring substituents is 1. The highest BCUT2D eigenvalue weighted by atomic mass is 32.2. The normalized spacial score (nSPS) is 21.4. The Morgan fingerprint density at radius 3 is 2.46 bits per heavy atom. The van der Waals surface area contributed by atoms with E-state index in [2.05, 4.69) is 4.72 Å². The second-order valence-electron chi connectivity index (χ2n) is 5.91. The number of nitrogens with one attached hydrogen (secondary N) is 1. The highest BCUT2D eigenvalue weighted by molar-refractivity contribution is 7.89. The fourth-order valence-corrected chi connectivity index (χ4v) is 4.58. The third-order valence-corrected chi connectivity index (χ3v) is 5.93. The van der Waals surface area contributed by atoms with Crippen molar-refractivity contribution >= 4 is 21.7 Å². The maximum Gasteiger partial charge on any atom is 0.306 e. The van der Waals surface area contributed by atoms with Crippen molar-refractivity contribution in [2.75, 3.05) is 0 Å². The zero-order valence-electron chi connectivity index (χ0n) is 13.3. The molecular weight excluding hydrogens is 336 g/mol. The van der Waals surface area contributed by atoms with Crippen LogP contribution in [0.4, 0.5) is 5.69 Å². The number of aliphatic carboxylic acids is 1. The van der Waals surface area contributed by atoms with Crippen LogP contribution in [-0.2, 0) is 21.2 Å². The van der Waals surface area contributed by atoms with E-state index in [9.17, 15) is 23.3 Å². The van der Waals surface area contributed by atoms with Crippen LogP contribution in [0.2, 0.25) is 0 Å². The Balaban J connectivity index is 2.20. The summed E-state index contributed by atoms with van der Waals surface area (Å²) in [6.07, 6.45) is 2.13. The molecule has 1 aromatic rings. The van der Waals surface area contributed by atoms with E-state index in [4.69, 9.17) is 5.11 Å². The summed E-state index contributed by atoms with van der Waals surface area (Å²) in [7, 11) is -3.90. The van der Waals surface area contributed by atoms with Crippen molar-refractivity contribution in [2.24, 2.45) is 5.92 Å². The molecule has 0 bridgehead atoms. The molecule has 0 heterocycles. The molecule has 0 aromatic heterocycles. The number of nitrogens with zero attached hydrogens (tertiary/aromatic N) is 1. The van der Waals surface area contributed by atoms with Crippen LogP contribution in [0.15, 0.2) is 23.1 Å². The fourth-order valence-electron chi connectivity index (χ4n) is 2.94. The molecule has 1 fully saturated rings. The van der Waals surface area contributed by atoms with Gasteiger partial charge in [-0.15, -0.1) is 0 Å². The van der Waals surface area contributed by atoms with E-state index < -0.39 is 26.8 Å². The van der Waals surface area contributed by atoms with Gasteiger partial charge < -0.3 is 5.11 Å². The third kappa shape index (κ3) is 4.09. The van der Waals surface area contributed by atoms with E-state index in [1.54, 1.807) is 6.92 Å². The number of carbonyl (C=O) groups is 1. The topological polar surface area (TPSA) is 127 Å². The van der Waals surface area contributed by atoms with Gasteiger partial charge in [0.15, 0.2) is 0 Å². The minimum Gasteiger partial charge on any atom is -0.481 e. The van der Waals surface area contributed by atoms with Crippen molar-refractivity contribution in [2.45, 2.75) is 50.0 Å². The summed E-state index contributed by atoms with van der Waals surface area (Å²) in [5, 5.41) is 19.9. The van der Waals surface area contributed by atoms with Gasteiger partial charge in [0.1, 0.15) is 0 Å². The van der Waals surface area contributed by atoms with Crippen LogP contribution in [0.5, 0.6) is 0 Å². The zero-order chi connectivity index (χ0) is 17.9. The Morgan fingerprint density at radius 1 is 1.33 bits per heavy atom. The van der Waals surface area contributed by atoms with Crippen LogP contribution in [0.25, 0.3) is 0 Å². The van der Waals surface area contributed by atoms with E-state index in [0.29, 0.717) is 37.7 Å². The smallest absolute Gasteiger partial charge is 0.306 e. The lowest BCUT2D eigenvalue weighted by molar-refractivity contribution is -0.385. The largest absolute Gasteiger partial charge is 0.481 e. The molecule has 0 unspecified atom stereocenters. The van der Waals surface area contributed by atoms with Gasteiger partial charge in [-0.2, -0.15) is 0 Å². The predicted molar refractivity (Wildman–Crippen MR) is 86.2 cm³/mol. The maximum atomic E-state index is 12.6. The number of rotatable bonds is 6. The lowest BCUT2D eigenvalue weighted by Gasteiger charge is -2.26. The summed E-state index contributed by atoms with van der Waals surface area (Å²) in [6.45, 7) is 1.78.